The maximum atomic E-state index is 12.7. The van der Waals surface area contributed by atoms with Crippen LogP contribution >= 0.6 is 0 Å². The highest BCUT2D eigenvalue weighted by Crippen LogP contribution is 2.19. The lowest BCUT2D eigenvalue weighted by molar-refractivity contribution is 0.237. The second-order valence-corrected chi connectivity index (χ2v) is 6.75. The normalized spacial score (nSPS) is 16.0. The molecule has 2 N–H and O–H groups in total. The summed E-state index contributed by atoms with van der Waals surface area (Å²) < 4.78 is 0. The van der Waals surface area contributed by atoms with Crippen LogP contribution in [0.4, 0.5) is 10.6 Å². The maximum Gasteiger partial charge on any atom is 0.323 e. The van der Waals surface area contributed by atoms with Gasteiger partial charge in [-0.2, -0.15) is 0 Å². The molecule has 1 aromatic heterocycles. The van der Waals surface area contributed by atoms with Crippen LogP contribution in [0.15, 0.2) is 6.20 Å². The van der Waals surface area contributed by atoms with Crippen LogP contribution in [0.25, 0.3) is 0 Å². The summed E-state index contributed by atoms with van der Waals surface area (Å²) in [6.45, 7) is 7.09. The number of urea groups is 1. The van der Waals surface area contributed by atoms with E-state index < -0.39 is 0 Å². The van der Waals surface area contributed by atoms with Crippen molar-refractivity contribution in [3.8, 4) is 0 Å². The molecule has 1 aliphatic rings. The summed E-state index contributed by atoms with van der Waals surface area (Å²) >= 11 is 0. The maximum absolute atomic E-state index is 12.7. The van der Waals surface area contributed by atoms with Crippen LogP contribution < -0.4 is 10.2 Å². The third-order valence-corrected chi connectivity index (χ3v) is 4.12. The van der Waals surface area contributed by atoms with Crippen molar-refractivity contribution in [1.29, 1.82) is 0 Å². The van der Waals surface area contributed by atoms with E-state index in [4.69, 9.17) is 0 Å². The predicted octanol–water partition coefficient (Wildman–Crippen LogP) is 3.87. The molecule has 1 saturated carbocycles. The first-order chi connectivity index (χ1) is 10.6. The number of aryl methyl sites for hydroxylation is 1. The van der Waals surface area contributed by atoms with Crippen LogP contribution in [0.1, 0.15) is 65.1 Å². The summed E-state index contributed by atoms with van der Waals surface area (Å²) in [6.07, 6.45) is 9.69. The van der Waals surface area contributed by atoms with Crippen LogP contribution in [0.3, 0.4) is 0 Å². The van der Waals surface area contributed by atoms with Gasteiger partial charge in [-0.05, 0) is 25.2 Å². The summed E-state index contributed by atoms with van der Waals surface area (Å²) in [5.41, 5.74) is 0. The van der Waals surface area contributed by atoms with Crippen LogP contribution in [0, 0.1) is 5.92 Å². The molecule has 1 aromatic rings. The molecule has 0 spiro atoms. The van der Waals surface area contributed by atoms with Gasteiger partial charge in [0.25, 0.3) is 0 Å². The number of imidazole rings is 1. The quantitative estimate of drug-likeness (QED) is 0.838. The molecule has 1 heterocycles. The fourth-order valence-electron chi connectivity index (χ4n) is 3.01. The number of nitrogens with zero attached hydrogens (tertiary/aromatic N) is 2. The highest BCUT2D eigenvalue weighted by molar-refractivity contribution is 5.91. The van der Waals surface area contributed by atoms with E-state index in [2.05, 4.69) is 36.1 Å². The molecule has 22 heavy (non-hydrogen) atoms. The van der Waals surface area contributed by atoms with Crippen molar-refractivity contribution in [3.05, 3.63) is 12.0 Å². The Labute approximate surface area is 133 Å². The molecular formula is C17H30N4O. The molecule has 1 aliphatic carbocycles. The van der Waals surface area contributed by atoms with Gasteiger partial charge in [0, 0.05) is 19.0 Å². The number of amides is 2. The third-order valence-electron chi connectivity index (χ3n) is 4.12. The van der Waals surface area contributed by atoms with E-state index in [1.807, 2.05) is 4.90 Å². The van der Waals surface area contributed by atoms with E-state index in [-0.39, 0.29) is 6.03 Å². The van der Waals surface area contributed by atoms with Crippen LogP contribution in [0.5, 0.6) is 0 Å². The summed E-state index contributed by atoms with van der Waals surface area (Å²) in [4.78, 5) is 22.2. The predicted molar refractivity (Wildman–Crippen MR) is 90.2 cm³/mol. The SMILES string of the molecule is CCCc1ncc(N(CC(C)C)C(=O)NC2CCCCC2)[nH]1. The minimum absolute atomic E-state index is 0.00676. The Balaban J connectivity index is 2.04. The van der Waals surface area contributed by atoms with E-state index >= 15 is 0 Å². The van der Waals surface area contributed by atoms with E-state index in [1.165, 1.54) is 19.3 Å². The average molecular weight is 306 g/mol. The van der Waals surface area contributed by atoms with Crippen molar-refractivity contribution >= 4 is 11.8 Å². The van der Waals surface area contributed by atoms with Crippen LogP contribution in [-0.2, 0) is 6.42 Å². The van der Waals surface area contributed by atoms with Gasteiger partial charge < -0.3 is 10.3 Å². The molecule has 0 atom stereocenters. The summed E-state index contributed by atoms with van der Waals surface area (Å²) in [5, 5.41) is 3.20. The number of hydrogen-bond donors (Lipinski definition) is 2. The molecule has 2 amide bonds. The van der Waals surface area contributed by atoms with Crippen molar-refractivity contribution in [2.24, 2.45) is 5.92 Å². The Kier molecular flexibility index (Phi) is 6.28. The highest BCUT2D eigenvalue weighted by atomic mass is 16.2. The Morgan fingerprint density at radius 1 is 1.41 bits per heavy atom. The lowest BCUT2D eigenvalue weighted by atomic mass is 9.96. The van der Waals surface area contributed by atoms with Gasteiger partial charge in [0.1, 0.15) is 11.6 Å². The number of nitrogens with one attached hydrogen (secondary N) is 2. The second-order valence-electron chi connectivity index (χ2n) is 6.75. The Morgan fingerprint density at radius 2 is 2.14 bits per heavy atom. The zero-order valence-electron chi connectivity index (χ0n) is 14.2. The van der Waals surface area contributed by atoms with Gasteiger partial charge in [0.05, 0.1) is 6.20 Å². The molecule has 5 nitrogen and oxygen atoms in total. The molecule has 124 valence electrons. The van der Waals surface area contributed by atoms with Gasteiger partial charge in [-0.3, -0.25) is 4.90 Å². The largest absolute Gasteiger partial charge is 0.335 e. The van der Waals surface area contributed by atoms with Gasteiger partial charge in [0.15, 0.2) is 0 Å². The lowest BCUT2D eigenvalue weighted by Gasteiger charge is -2.28. The first-order valence-corrected chi connectivity index (χ1v) is 8.72. The number of anilines is 1. The number of carbonyl (C=O) groups excluding carboxylic acids is 1. The van der Waals surface area contributed by atoms with E-state index in [0.717, 1.165) is 37.3 Å². The highest BCUT2D eigenvalue weighted by Gasteiger charge is 2.23. The third kappa shape index (κ3) is 4.75. The molecule has 0 aliphatic heterocycles. The first-order valence-electron chi connectivity index (χ1n) is 8.72. The molecule has 5 heteroatoms. The molecule has 2 rings (SSSR count). The number of carbonyl (C=O) groups is 1. The van der Waals surface area contributed by atoms with Crippen molar-refractivity contribution in [2.75, 3.05) is 11.4 Å². The summed E-state index contributed by atoms with van der Waals surface area (Å²) in [5.74, 6) is 2.18. The van der Waals surface area contributed by atoms with E-state index in [1.54, 1.807) is 6.20 Å². The van der Waals surface area contributed by atoms with Gasteiger partial charge in [-0.25, -0.2) is 9.78 Å². The number of aromatic nitrogens is 2. The smallest absolute Gasteiger partial charge is 0.323 e. The number of rotatable bonds is 6. The fraction of sp³-hybridized carbons (Fsp3) is 0.765. The zero-order valence-corrected chi connectivity index (χ0v) is 14.2. The standard InChI is InChI=1S/C17H30N4O/c1-4-8-15-18-11-16(20-15)21(12-13(2)3)17(22)19-14-9-6-5-7-10-14/h11,13-14H,4-10,12H2,1-3H3,(H,18,20)(H,19,22). The molecular weight excluding hydrogens is 276 g/mol. The van der Waals surface area contributed by atoms with Crippen LogP contribution in [0.2, 0.25) is 0 Å². The molecule has 0 radical (unpaired) electrons. The fourth-order valence-corrected chi connectivity index (χ4v) is 3.01. The summed E-state index contributed by atoms with van der Waals surface area (Å²) in [7, 11) is 0. The molecule has 0 bridgehead atoms. The Morgan fingerprint density at radius 3 is 2.77 bits per heavy atom. The van der Waals surface area contributed by atoms with E-state index in [0.29, 0.717) is 18.5 Å². The molecule has 0 saturated heterocycles. The topological polar surface area (TPSA) is 61.0 Å². The molecule has 1 fully saturated rings. The van der Waals surface area contributed by atoms with E-state index in [9.17, 15) is 4.79 Å². The molecule has 0 unspecified atom stereocenters. The van der Waals surface area contributed by atoms with Gasteiger partial charge in [-0.15, -0.1) is 0 Å². The minimum atomic E-state index is 0.00676. The lowest BCUT2D eigenvalue weighted by Crippen LogP contribution is -2.47. The minimum Gasteiger partial charge on any atom is -0.335 e. The Bertz CT molecular complexity index is 463. The molecule has 0 aromatic carbocycles. The van der Waals surface area contributed by atoms with Crippen molar-refractivity contribution in [2.45, 2.75) is 71.8 Å². The summed E-state index contributed by atoms with van der Waals surface area (Å²) in [6, 6.07) is 0.334. The van der Waals surface area contributed by atoms with Gasteiger partial charge >= 0.3 is 6.03 Å². The van der Waals surface area contributed by atoms with Gasteiger partial charge in [-0.1, -0.05) is 40.0 Å². The van der Waals surface area contributed by atoms with Gasteiger partial charge in [0.2, 0.25) is 0 Å². The number of aromatic amines is 1. The number of hydrogen-bond acceptors (Lipinski definition) is 2. The first kappa shape index (κ1) is 16.8. The second kappa shape index (κ2) is 8.20. The number of H-pyrrole nitrogens is 1. The zero-order chi connectivity index (χ0) is 15.9. The monoisotopic (exact) mass is 306 g/mol. The van der Waals surface area contributed by atoms with Crippen molar-refractivity contribution < 1.29 is 4.79 Å². The van der Waals surface area contributed by atoms with Crippen LogP contribution in [-0.4, -0.2) is 28.6 Å². The average Bonchev–Trinajstić information content (AvgIpc) is 2.94. The van der Waals surface area contributed by atoms with Crippen molar-refractivity contribution in [3.63, 3.8) is 0 Å². The van der Waals surface area contributed by atoms with Crippen molar-refractivity contribution in [1.82, 2.24) is 15.3 Å². The Hall–Kier alpha value is -1.52.